The second kappa shape index (κ2) is 7.52. The molecule has 0 fully saturated rings. The summed E-state index contributed by atoms with van der Waals surface area (Å²) >= 11 is 0. The van der Waals surface area contributed by atoms with Crippen LogP contribution in [0.25, 0.3) is 0 Å². The average Bonchev–Trinajstić information content (AvgIpc) is 2.38. The molecule has 6 heteroatoms. The summed E-state index contributed by atoms with van der Waals surface area (Å²) < 4.78 is 15.1. The Morgan fingerprint density at radius 3 is 2.78 bits per heavy atom. The van der Waals surface area contributed by atoms with Crippen LogP contribution in [0.3, 0.4) is 0 Å². The summed E-state index contributed by atoms with van der Waals surface area (Å²) in [5.74, 6) is -0.186. The highest BCUT2D eigenvalue weighted by Crippen LogP contribution is 2.25. The van der Waals surface area contributed by atoms with E-state index in [0.29, 0.717) is 18.0 Å². The number of rotatable bonds is 7. The Balaban J connectivity index is 2.64. The number of anilines is 1. The minimum atomic E-state index is -0.542. The van der Waals surface area contributed by atoms with E-state index in [-0.39, 0.29) is 25.4 Å². The van der Waals surface area contributed by atoms with Gasteiger partial charge >= 0.3 is 5.97 Å². The first-order valence-electron chi connectivity index (χ1n) is 5.49. The minimum Gasteiger partial charge on any atom is -0.490 e. The minimum absolute atomic E-state index is 0.0360. The smallest absolute Gasteiger partial charge is 0.343 e. The lowest BCUT2D eigenvalue weighted by Gasteiger charge is -2.12. The van der Waals surface area contributed by atoms with Crippen molar-refractivity contribution in [3.8, 4) is 5.75 Å². The van der Waals surface area contributed by atoms with Crippen LogP contribution in [-0.2, 0) is 9.47 Å². The van der Waals surface area contributed by atoms with Crippen molar-refractivity contribution in [2.24, 2.45) is 0 Å². The van der Waals surface area contributed by atoms with Gasteiger partial charge in [-0.2, -0.15) is 0 Å². The summed E-state index contributed by atoms with van der Waals surface area (Å²) in [5, 5.41) is 8.52. The van der Waals surface area contributed by atoms with Gasteiger partial charge < -0.3 is 25.1 Å². The summed E-state index contributed by atoms with van der Waals surface area (Å²) in [4.78, 5) is 11.5. The van der Waals surface area contributed by atoms with Gasteiger partial charge in [-0.3, -0.25) is 0 Å². The standard InChI is InChI=1S/C12H17NO5/c1-16-12(15)11-9(13)3-2-4-10(11)18-8-7-17-6-5-14/h2-4,14H,5-8,13H2,1H3. The molecule has 1 aromatic rings. The van der Waals surface area contributed by atoms with Gasteiger partial charge in [0, 0.05) is 5.69 Å². The largest absolute Gasteiger partial charge is 0.490 e. The topological polar surface area (TPSA) is 91.0 Å². The molecule has 3 N–H and O–H groups in total. The number of nitrogen functional groups attached to an aromatic ring is 1. The van der Waals surface area contributed by atoms with Crippen molar-refractivity contribution in [1.82, 2.24) is 0 Å². The molecule has 0 aliphatic rings. The summed E-state index contributed by atoms with van der Waals surface area (Å²) in [6.45, 7) is 0.791. The molecule has 1 aromatic carbocycles. The quantitative estimate of drug-likeness (QED) is 0.417. The molecule has 18 heavy (non-hydrogen) atoms. The van der Waals surface area contributed by atoms with Crippen molar-refractivity contribution in [3.63, 3.8) is 0 Å². The molecule has 0 bridgehead atoms. The Hall–Kier alpha value is -1.79. The fraction of sp³-hybridized carbons (Fsp3) is 0.417. The molecule has 0 amide bonds. The molecule has 0 heterocycles. The van der Waals surface area contributed by atoms with Crippen molar-refractivity contribution in [1.29, 1.82) is 0 Å². The van der Waals surface area contributed by atoms with E-state index in [1.807, 2.05) is 0 Å². The van der Waals surface area contributed by atoms with Crippen LogP contribution >= 0.6 is 0 Å². The molecule has 0 aromatic heterocycles. The van der Waals surface area contributed by atoms with Gasteiger partial charge in [-0.05, 0) is 12.1 Å². The molecule has 100 valence electrons. The molecular formula is C12H17NO5. The molecule has 0 saturated carbocycles. The number of nitrogens with two attached hydrogens (primary N) is 1. The molecule has 6 nitrogen and oxygen atoms in total. The Morgan fingerprint density at radius 1 is 1.33 bits per heavy atom. The molecule has 0 aliphatic heterocycles. The van der Waals surface area contributed by atoms with Crippen LogP contribution in [-0.4, -0.2) is 44.6 Å². The molecular weight excluding hydrogens is 238 g/mol. The third-order valence-electron chi connectivity index (χ3n) is 2.17. The number of methoxy groups -OCH3 is 1. The van der Waals surface area contributed by atoms with E-state index in [4.69, 9.17) is 20.3 Å². The van der Waals surface area contributed by atoms with Crippen molar-refractivity contribution in [3.05, 3.63) is 23.8 Å². The number of aliphatic hydroxyl groups is 1. The maximum atomic E-state index is 11.5. The zero-order valence-corrected chi connectivity index (χ0v) is 10.2. The van der Waals surface area contributed by atoms with E-state index in [9.17, 15) is 4.79 Å². The second-order valence-corrected chi connectivity index (χ2v) is 3.40. The fourth-order valence-electron chi connectivity index (χ4n) is 1.37. The van der Waals surface area contributed by atoms with Crippen LogP contribution in [0.2, 0.25) is 0 Å². The first-order chi connectivity index (χ1) is 8.70. The average molecular weight is 255 g/mol. The van der Waals surface area contributed by atoms with Gasteiger partial charge in [0.05, 0.1) is 26.9 Å². The van der Waals surface area contributed by atoms with Crippen LogP contribution in [0.5, 0.6) is 5.75 Å². The number of carbonyl (C=O) groups excluding carboxylic acids is 1. The highest BCUT2D eigenvalue weighted by atomic mass is 16.5. The Bertz CT molecular complexity index is 394. The van der Waals surface area contributed by atoms with Crippen molar-refractivity contribution in [2.45, 2.75) is 0 Å². The van der Waals surface area contributed by atoms with Crippen LogP contribution in [0, 0.1) is 0 Å². The maximum Gasteiger partial charge on any atom is 0.343 e. The van der Waals surface area contributed by atoms with Crippen LogP contribution in [0.15, 0.2) is 18.2 Å². The monoisotopic (exact) mass is 255 g/mol. The van der Waals surface area contributed by atoms with Gasteiger partial charge in [0.15, 0.2) is 0 Å². The summed E-state index contributed by atoms with van der Waals surface area (Å²) in [6, 6.07) is 4.92. The molecule has 0 radical (unpaired) electrons. The molecule has 0 atom stereocenters. The SMILES string of the molecule is COC(=O)c1c(N)cccc1OCCOCCO. The van der Waals surface area contributed by atoms with Crippen molar-refractivity contribution >= 4 is 11.7 Å². The summed E-state index contributed by atoms with van der Waals surface area (Å²) in [5.41, 5.74) is 6.22. The number of benzene rings is 1. The van der Waals surface area contributed by atoms with Gasteiger partial charge in [-0.15, -0.1) is 0 Å². The summed E-state index contributed by atoms with van der Waals surface area (Å²) in [6.07, 6.45) is 0. The van der Waals surface area contributed by atoms with E-state index < -0.39 is 5.97 Å². The summed E-state index contributed by atoms with van der Waals surface area (Å²) in [7, 11) is 1.28. The van der Waals surface area contributed by atoms with E-state index in [2.05, 4.69) is 4.74 Å². The van der Waals surface area contributed by atoms with Gasteiger partial charge in [-0.25, -0.2) is 4.79 Å². The number of hydrogen-bond acceptors (Lipinski definition) is 6. The molecule has 0 saturated heterocycles. The lowest BCUT2D eigenvalue weighted by atomic mass is 10.1. The highest BCUT2D eigenvalue weighted by molar-refractivity contribution is 5.98. The van der Waals surface area contributed by atoms with Gasteiger partial charge in [0.25, 0.3) is 0 Å². The van der Waals surface area contributed by atoms with Crippen LogP contribution < -0.4 is 10.5 Å². The second-order valence-electron chi connectivity index (χ2n) is 3.40. The van der Waals surface area contributed by atoms with Gasteiger partial charge in [-0.1, -0.05) is 6.07 Å². The van der Waals surface area contributed by atoms with Crippen LogP contribution in [0.4, 0.5) is 5.69 Å². The van der Waals surface area contributed by atoms with E-state index in [0.717, 1.165) is 0 Å². The predicted octanol–water partition coefficient (Wildman–Crippen LogP) is 0.443. The third kappa shape index (κ3) is 3.90. The van der Waals surface area contributed by atoms with Crippen molar-refractivity contribution < 1.29 is 24.1 Å². The Kier molecular flexibility index (Phi) is 5.96. The number of carbonyl (C=O) groups is 1. The van der Waals surface area contributed by atoms with Gasteiger partial charge in [0.1, 0.15) is 17.9 Å². The lowest BCUT2D eigenvalue weighted by Crippen LogP contribution is -2.13. The zero-order chi connectivity index (χ0) is 13.4. The number of ether oxygens (including phenoxy) is 3. The van der Waals surface area contributed by atoms with E-state index in [1.54, 1.807) is 18.2 Å². The number of aliphatic hydroxyl groups excluding tert-OH is 1. The number of hydrogen-bond donors (Lipinski definition) is 2. The molecule has 0 spiro atoms. The first kappa shape index (κ1) is 14.3. The normalized spacial score (nSPS) is 10.1. The van der Waals surface area contributed by atoms with Crippen molar-refractivity contribution in [2.75, 3.05) is 39.3 Å². The third-order valence-corrected chi connectivity index (χ3v) is 2.17. The number of esters is 1. The van der Waals surface area contributed by atoms with E-state index in [1.165, 1.54) is 7.11 Å². The molecule has 1 rings (SSSR count). The highest BCUT2D eigenvalue weighted by Gasteiger charge is 2.16. The zero-order valence-electron chi connectivity index (χ0n) is 10.2. The van der Waals surface area contributed by atoms with Gasteiger partial charge in [0.2, 0.25) is 0 Å². The molecule has 0 aliphatic carbocycles. The van der Waals surface area contributed by atoms with E-state index >= 15 is 0 Å². The fourth-order valence-corrected chi connectivity index (χ4v) is 1.37. The van der Waals surface area contributed by atoms with Crippen LogP contribution in [0.1, 0.15) is 10.4 Å². The Morgan fingerprint density at radius 2 is 2.11 bits per heavy atom. The first-order valence-corrected chi connectivity index (χ1v) is 5.49. The molecule has 0 unspecified atom stereocenters. The Labute approximate surface area is 105 Å². The maximum absolute atomic E-state index is 11.5. The predicted molar refractivity (Wildman–Crippen MR) is 65.6 cm³/mol. The lowest BCUT2D eigenvalue weighted by molar-refractivity contribution is 0.0583.